The van der Waals surface area contributed by atoms with Gasteiger partial charge in [0.1, 0.15) is 17.7 Å². The molecule has 0 bridgehead atoms. The van der Waals surface area contributed by atoms with Crippen LogP contribution in [0.4, 0.5) is 14.5 Å². The molecule has 2 nitrogen and oxygen atoms in total. The van der Waals surface area contributed by atoms with Crippen LogP contribution < -0.4 is 5.32 Å². The van der Waals surface area contributed by atoms with Gasteiger partial charge in [-0.05, 0) is 40.9 Å². The van der Waals surface area contributed by atoms with Gasteiger partial charge in [0.05, 0.1) is 23.0 Å². The van der Waals surface area contributed by atoms with Crippen LogP contribution in [0.25, 0.3) is 0 Å². The summed E-state index contributed by atoms with van der Waals surface area (Å²) in [7, 11) is 0. The molecule has 17 heavy (non-hydrogen) atoms. The summed E-state index contributed by atoms with van der Waals surface area (Å²) in [5.74, 6) is -1.21. The van der Waals surface area contributed by atoms with Crippen LogP contribution in [0.15, 0.2) is 28.9 Å². The molecule has 1 N–H and O–H groups in total. The SMILES string of the molecule is Fc1cc(F)c(NCC2CCC=CO2)cc1Br. The van der Waals surface area contributed by atoms with Gasteiger partial charge in [-0.15, -0.1) is 0 Å². The van der Waals surface area contributed by atoms with Crippen molar-refractivity contribution in [3.8, 4) is 0 Å². The van der Waals surface area contributed by atoms with E-state index in [0.29, 0.717) is 6.54 Å². The van der Waals surface area contributed by atoms with Crippen molar-refractivity contribution in [2.24, 2.45) is 0 Å². The Balaban J connectivity index is 1.98. The highest BCUT2D eigenvalue weighted by atomic mass is 79.9. The molecule has 1 heterocycles. The van der Waals surface area contributed by atoms with Crippen LogP contribution in [0.2, 0.25) is 0 Å². The van der Waals surface area contributed by atoms with Gasteiger partial charge in [0, 0.05) is 6.07 Å². The van der Waals surface area contributed by atoms with Gasteiger partial charge in [0.15, 0.2) is 0 Å². The second-order valence-corrected chi connectivity index (χ2v) is 4.69. The molecule has 0 fully saturated rings. The van der Waals surface area contributed by atoms with E-state index in [1.165, 1.54) is 6.07 Å². The number of allylic oxidation sites excluding steroid dienone is 1. The Kier molecular flexibility index (Phi) is 3.99. The standard InChI is InChI=1S/C12H12BrF2NO/c13-9-5-12(11(15)6-10(9)14)16-7-8-3-1-2-4-17-8/h2,4-6,8,16H,1,3,7H2. The smallest absolute Gasteiger partial charge is 0.149 e. The summed E-state index contributed by atoms with van der Waals surface area (Å²) in [6.45, 7) is 0.499. The quantitative estimate of drug-likeness (QED) is 0.857. The van der Waals surface area contributed by atoms with Crippen LogP contribution in [-0.4, -0.2) is 12.6 Å². The predicted molar refractivity (Wildman–Crippen MR) is 65.8 cm³/mol. The van der Waals surface area contributed by atoms with Crippen molar-refractivity contribution in [2.45, 2.75) is 18.9 Å². The maximum absolute atomic E-state index is 13.4. The summed E-state index contributed by atoms with van der Waals surface area (Å²) >= 11 is 3.02. The Hall–Kier alpha value is -1.10. The number of rotatable bonds is 3. The summed E-state index contributed by atoms with van der Waals surface area (Å²) in [6, 6.07) is 2.25. The van der Waals surface area contributed by atoms with Gasteiger partial charge in [0.2, 0.25) is 0 Å². The average molecular weight is 304 g/mol. The van der Waals surface area contributed by atoms with Crippen molar-refractivity contribution in [1.29, 1.82) is 0 Å². The van der Waals surface area contributed by atoms with E-state index in [1.54, 1.807) is 6.26 Å². The molecule has 0 radical (unpaired) electrons. The first-order valence-corrected chi connectivity index (χ1v) is 6.15. The first kappa shape index (κ1) is 12.4. The lowest BCUT2D eigenvalue weighted by Gasteiger charge is -2.20. The van der Waals surface area contributed by atoms with E-state index in [4.69, 9.17) is 4.74 Å². The second kappa shape index (κ2) is 5.49. The number of benzene rings is 1. The molecule has 5 heteroatoms. The fraction of sp³-hybridized carbons (Fsp3) is 0.333. The Morgan fingerprint density at radius 1 is 1.35 bits per heavy atom. The molecule has 0 saturated carbocycles. The fourth-order valence-electron chi connectivity index (χ4n) is 1.62. The Bertz CT molecular complexity index is 437. The molecule has 0 aromatic heterocycles. The molecule has 1 unspecified atom stereocenters. The maximum atomic E-state index is 13.4. The molecule has 2 rings (SSSR count). The number of ether oxygens (including phenoxy) is 1. The summed E-state index contributed by atoms with van der Waals surface area (Å²) < 4.78 is 32.0. The minimum atomic E-state index is -0.607. The van der Waals surface area contributed by atoms with Crippen LogP contribution in [0.5, 0.6) is 0 Å². The predicted octanol–water partition coefficient (Wildman–Crippen LogP) is 3.83. The van der Waals surface area contributed by atoms with Gasteiger partial charge in [-0.1, -0.05) is 0 Å². The van der Waals surface area contributed by atoms with E-state index in [9.17, 15) is 8.78 Å². The van der Waals surface area contributed by atoms with Crippen molar-refractivity contribution in [3.63, 3.8) is 0 Å². The van der Waals surface area contributed by atoms with Crippen LogP contribution in [0, 0.1) is 11.6 Å². The highest BCUT2D eigenvalue weighted by molar-refractivity contribution is 9.10. The highest BCUT2D eigenvalue weighted by Gasteiger charge is 2.13. The van der Waals surface area contributed by atoms with Crippen molar-refractivity contribution in [2.75, 3.05) is 11.9 Å². The third-order valence-corrected chi connectivity index (χ3v) is 3.16. The zero-order chi connectivity index (χ0) is 12.3. The molecule has 92 valence electrons. The number of nitrogens with one attached hydrogen (secondary N) is 1. The van der Waals surface area contributed by atoms with E-state index >= 15 is 0 Å². The Morgan fingerprint density at radius 3 is 2.88 bits per heavy atom. The minimum absolute atomic E-state index is 0.0308. The molecule has 0 aliphatic carbocycles. The Morgan fingerprint density at radius 2 is 2.18 bits per heavy atom. The van der Waals surface area contributed by atoms with E-state index in [-0.39, 0.29) is 16.3 Å². The van der Waals surface area contributed by atoms with Crippen molar-refractivity contribution >= 4 is 21.6 Å². The number of anilines is 1. The molecule has 0 amide bonds. The molecular formula is C12H12BrF2NO. The zero-order valence-corrected chi connectivity index (χ0v) is 10.6. The summed E-state index contributed by atoms with van der Waals surface area (Å²) in [6.07, 6.45) is 5.50. The first-order chi connectivity index (χ1) is 8.16. The van der Waals surface area contributed by atoms with E-state index < -0.39 is 11.6 Å². The lowest BCUT2D eigenvalue weighted by Crippen LogP contribution is -2.23. The summed E-state index contributed by atoms with van der Waals surface area (Å²) in [5, 5.41) is 2.92. The number of halogens is 3. The summed E-state index contributed by atoms with van der Waals surface area (Å²) in [5.41, 5.74) is 0.274. The maximum Gasteiger partial charge on any atom is 0.149 e. The van der Waals surface area contributed by atoms with Gasteiger partial charge in [-0.3, -0.25) is 0 Å². The van der Waals surface area contributed by atoms with Gasteiger partial charge in [-0.25, -0.2) is 8.78 Å². The highest BCUT2D eigenvalue weighted by Crippen LogP contribution is 2.24. The molecule has 0 saturated heterocycles. The van der Waals surface area contributed by atoms with E-state index in [0.717, 1.165) is 18.9 Å². The minimum Gasteiger partial charge on any atom is -0.497 e. The average Bonchev–Trinajstić information content (AvgIpc) is 2.33. The van der Waals surface area contributed by atoms with Crippen LogP contribution in [0.1, 0.15) is 12.8 Å². The van der Waals surface area contributed by atoms with E-state index in [1.807, 2.05) is 6.08 Å². The zero-order valence-electron chi connectivity index (χ0n) is 9.05. The fourth-order valence-corrected chi connectivity index (χ4v) is 1.96. The molecule has 1 aliphatic heterocycles. The molecular weight excluding hydrogens is 292 g/mol. The lowest BCUT2D eigenvalue weighted by atomic mass is 10.1. The van der Waals surface area contributed by atoms with Crippen molar-refractivity contribution < 1.29 is 13.5 Å². The van der Waals surface area contributed by atoms with Gasteiger partial charge >= 0.3 is 0 Å². The molecule has 1 aromatic carbocycles. The third-order valence-electron chi connectivity index (χ3n) is 2.55. The van der Waals surface area contributed by atoms with Crippen LogP contribution in [-0.2, 0) is 4.74 Å². The summed E-state index contributed by atoms with van der Waals surface area (Å²) in [4.78, 5) is 0. The van der Waals surface area contributed by atoms with Crippen LogP contribution >= 0.6 is 15.9 Å². The molecule has 1 atom stereocenters. The number of hydrogen-bond donors (Lipinski definition) is 1. The molecule has 0 spiro atoms. The third kappa shape index (κ3) is 3.19. The lowest BCUT2D eigenvalue weighted by molar-refractivity contribution is 0.135. The molecule has 1 aromatic rings. The second-order valence-electron chi connectivity index (χ2n) is 3.83. The largest absolute Gasteiger partial charge is 0.497 e. The van der Waals surface area contributed by atoms with Crippen molar-refractivity contribution in [3.05, 3.63) is 40.6 Å². The topological polar surface area (TPSA) is 21.3 Å². The first-order valence-electron chi connectivity index (χ1n) is 5.35. The van der Waals surface area contributed by atoms with E-state index in [2.05, 4.69) is 21.2 Å². The monoisotopic (exact) mass is 303 g/mol. The van der Waals surface area contributed by atoms with Crippen LogP contribution in [0.3, 0.4) is 0 Å². The number of hydrogen-bond acceptors (Lipinski definition) is 2. The van der Waals surface area contributed by atoms with Gasteiger partial charge in [-0.2, -0.15) is 0 Å². The molecule has 1 aliphatic rings. The van der Waals surface area contributed by atoms with Crippen molar-refractivity contribution in [1.82, 2.24) is 0 Å². The van der Waals surface area contributed by atoms with Gasteiger partial charge < -0.3 is 10.1 Å². The Labute approximate surface area is 107 Å². The van der Waals surface area contributed by atoms with Gasteiger partial charge in [0.25, 0.3) is 0 Å². The normalized spacial score (nSPS) is 18.9.